The molecule has 0 aromatic heterocycles. The smallest absolute Gasteiger partial charge is 0.0589 e. The Balaban J connectivity index is 2.67. The Bertz CT molecular complexity index is 243. The van der Waals surface area contributed by atoms with Gasteiger partial charge in [-0.25, -0.2) is 0 Å². The van der Waals surface area contributed by atoms with Crippen molar-refractivity contribution in [2.45, 2.75) is 77.8 Å². The molecule has 0 amide bonds. The fraction of sp³-hybridized carbons (Fsp3) is 1.00. The van der Waals surface area contributed by atoms with Crippen molar-refractivity contribution < 1.29 is 4.74 Å². The Morgan fingerprint density at radius 1 is 1.10 bits per heavy atom. The number of nitrogens with zero attached hydrogens (tertiary/aromatic N) is 1. The van der Waals surface area contributed by atoms with Gasteiger partial charge in [-0.1, -0.05) is 40.0 Å². The molecule has 3 heteroatoms. The normalized spacial score (nSPS) is 23.7. The van der Waals surface area contributed by atoms with Crippen LogP contribution in [0.1, 0.15) is 65.7 Å². The second kappa shape index (κ2) is 11.4. The Labute approximate surface area is 132 Å². The summed E-state index contributed by atoms with van der Waals surface area (Å²) in [5, 5.41) is 3.75. The van der Waals surface area contributed by atoms with Gasteiger partial charge in [0.2, 0.25) is 0 Å². The van der Waals surface area contributed by atoms with Gasteiger partial charge in [0.05, 0.1) is 6.61 Å². The van der Waals surface area contributed by atoms with E-state index in [0.29, 0.717) is 6.04 Å². The van der Waals surface area contributed by atoms with Crippen LogP contribution in [0.2, 0.25) is 0 Å². The Kier molecular flexibility index (Phi) is 10.3. The number of methoxy groups -OCH3 is 1. The van der Waals surface area contributed by atoms with Crippen molar-refractivity contribution in [3.63, 3.8) is 0 Å². The van der Waals surface area contributed by atoms with Crippen molar-refractivity contribution in [2.24, 2.45) is 5.92 Å². The van der Waals surface area contributed by atoms with Crippen LogP contribution in [0, 0.1) is 5.92 Å². The number of rotatable bonds is 10. The molecule has 0 aromatic rings. The standard InChI is InChI=1S/C18H38N2O/c1-5-17(6-2)20(13-14-21-4)15-16-11-9-8-10-12-18(16)19-7-3/h16-19H,5-15H2,1-4H3. The van der Waals surface area contributed by atoms with Gasteiger partial charge in [-0.15, -0.1) is 0 Å². The summed E-state index contributed by atoms with van der Waals surface area (Å²) < 4.78 is 5.34. The molecule has 3 nitrogen and oxygen atoms in total. The first-order valence-electron chi connectivity index (χ1n) is 9.23. The van der Waals surface area contributed by atoms with E-state index >= 15 is 0 Å². The van der Waals surface area contributed by atoms with Gasteiger partial charge in [0.15, 0.2) is 0 Å². The van der Waals surface area contributed by atoms with Crippen molar-refractivity contribution >= 4 is 0 Å². The maximum absolute atomic E-state index is 5.34. The first-order chi connectivity index (χ1) is 10.3. The predicted molar refractivity (Wildman–Crippen MR) is 91.9 cm³/mol. The average molecular weight is 299 g/mol. The molecule has 2 unspecified atom stereocenters. The zero-order valence-corrected chi connectivity index (χ0v) is 14.9. The molecule has 0 radical (unpaired) electrons. The van der Waals surface area contributed by atoms with E-state index in [1.807, 2.05) is 7.11 Å². The van der Waals surface area contributed by atoms with E-state index in [4.69, 9.17) is 4.74 Å². The van der Waals surface area contributed by atoms with Crippen molar-refractivity contribution in [1.29, 1.82) is 0 Å². The highest BCUT2D eigenvalue weighted by atomic mass is 16.5. The minimum Gasteiger partial charge on any atom is -0.383 e. The summed E-state index contributed by atoms with van der Waals surface area (Å²) in [6.07, 6.45) is 9.48. The fourth-order valence-corrected chi connectivity index (χ4v) is 3.87. The molecule has 0 aliphatic heterocycles. The summed E-state index contributed by atoms with van der Waals surface area (Å²) in [5.74, 6) is 0.810. The molecule has 0 aromatic carbocycles. The molecule has 0 spiro atoms. The van der Waals surface area contributed by atoms with Gasteiger partial charge < -0.3 is 10.1 Å². The van der Waals surface area contributed by atoms with Gasteiger partial charge in [-0.2, -0.15) is 0 Å². The largest absolute Gasteiger partial charge is 0.383 e. The van der Waals surface area contributed by atoms with Gasteiger partial charge in [-0.05, 0) is 38.1 Å². The summed E-state index contributed by atoms with van der Waals surface area (Å²) in [7, 11) is 1.82. The van der Waals surface area contributed by atoms with E-state index in [0.717, 1.165) is 31.7 Å². The number of nitrogens with one attached hydrogen (secondary N) is 1. The molecule has 2 atom stereocenters. The van der Waals surface area contributed by atoms with Gasteiger partial charge >= 0.3 is 0 Å². The molecule has 0 bridgehead atoms. The summed E-state index contributed by atoms with van der Waals surface area (Å²) >= 11 is 0. The van der Waals surface area contributed by atoms with E-state index in [-0.39, 0.29) is 0 Å². The minimum absolute atomic E-state index is 0.714. The lowest BCUT2D eigenvalue weighted by atomic mass is 9.93. The van der Waals surface area contributed by atoms with E-state index in [9.17, 15) is 0 Å². The molecule has 1 saturated carbocycles. The number of hydrogen-bond acceptors (Lipinski definition) is 3. The summed E-state index contributed by atoms with van der Waals surface area (Å²) in [6.45, 7) is 11.2. The van der Waals surface area contributed by atoms with Crippen molar-refractivity contribution in [3.8, 4) is 0 Å². The molecule has 1 rings (SSSR count). The maximum atomic E-state index is 5.34. The van der Waals surface area contributed by atoms with E-state index in [2.05, 4.69) is 31.0 Å². The third-order valence-electron chi connectivity index (χ3n) is 5.14. The quantitative estimate of drug-likeness (QED) is 0.623. The van der Waals surface area contributed by atoms with Gasteiger partial charge in [-0.3, -0.25) is 4.90 Å². The topological polar surface area (TPSA) is 24.5 Å². The Hall–Kier alpha value is -0.120. The van der Waals surface area contributed by atoms with Crippen LogP contribution in [-0.4, -0.2) is 50.3 Å². The van der Waals surface area contributed by atoms with Crippen LogP contribution in [0.4, 0.5) is 0 Å². The van der Waals surface area contributed by atoms with E-state index in [1.54, 1.807) is 0 Å². The molecule has 21 heavy (non-hydrogen) atoms. The van der Waals surface area contributed by atoms with E-state index in [1.165, 1.54) is 51.5 Å². The zero-order valence-electron chi connectivity index (χ0n) is 14.9. The summed E-state index contributed by atoms with van der Waals surface area (Å²) in [5.41, 5.74) is 0. The van der Waals surface area contributed by atoms with Crippen LogP contribution in [0.5, 0.6) is 0 Å². The molecular formula is C18H38N2O. The second-order valence-electron chi connectivity index (χ2n) is 6.52. The molecule has 126 valence electrons. The van der Waals surface area contributed by atoms with Crippen LogP contribution in [0.15, 0.2) is 0 Å². The molecule has 1 N–H and O–H groups in total. The number of hydrogen-bond donors (Lipinski definition) is 1. The first-order valence-corrected chi connectivity index (χ1v) is 9.23. The van der Waals surface area contributed by atoms with Gasteiger partial charge in [0.1, 0.15) is 0 Å². The highest BCUT2D eigenvalue weighted by Gasteiger charge is 2.26. The second-order valence-corrected chi connectivity index (χ2v) is 6.52. The molecular weight excluding hydrogens is 260 g/mol. The SMILES string of the molecule is CCNC1CCCCCC1CN(CCOC)C(CC)CC. The average Bonchev–Trinajstić information content (AvgIpc) is 2.72. The molecule has 1 fully saturated rings. The van der Waals surface area contributed by atoms with Crippen LogP contribution < -0.4 is 5.32 Å². The van der Waals surface area contributed by atoms with Crippen molar-refractivity contribution in [1.82, 2.24) is 10.2 Å². The minimum atomic E-state index is 0.714. The third kappa shape index (κ3) is 6.66. The maximum Gasteiger partial charge on any atom is 0.0589 e. The zero-order chi connectivity index (χ0) is 15.5. The van der Waals surface area contributed by atoms with Crippen LogP contribution in [-0.2, 0) is 4.74 Å². The highest BCUT2D eigenvalue weighted by Crippen LogP contribution is 2.25. The first kappa shape index (κ1) is 18.9. The predicted octanol–water partition coefficient (Wildman–Crippen LogP) is 3.68. The molecule has 0 heterocycles. The Morgan fingerprint density at radius 2 is 1.81 bits per heavy atom. The van der Waals surface area contributed by atoms with Crippen molar-refractivity contribution in [3.05, 3.63) is 0 Å². The molecule has 1 aliphatic rings. The monoisotopic (exact) mass is 298 g/mol. The van der Waals surface area contributed by atoms with Gasteiger partial charge in [0.25, 0.3) is 0 Å². The van der Waals surface area contributed by atoms with Crippen molar-refractivity contribution in [2.75, 3.05) is 33.4 Å². The van der Waals surface area contributed by atoms with Gasteiger partial charge in [0, 0.05) is 32.3 Å². The third-order valence-corrected chi connectivity index (χ3v) is 5.14. The fourth-order valence-electron chi connectivity index (χ4n) is 3.87. The van der Waals surface area contributed by atoms with Crippen LogP contribution in [0.3, 0.4) is 0 Å². The lowest BCUT2D eigenvalue weighted by molar-refractivity contribution is 0.0923. The lowest BCUT2D eigenvalue weighted by Gasteiger charge is -2.36. The summed E-state index contributed by atoms with van der Waals surface area (Å²) in [4.78, 5) is 2.70. The van der Waals surface area contributed by atoms with E-state index < -0.39 is 0 Å². The summed E-state index contributed by atoms with van der Waals surface area (Å²) in [6, 6.07) is 1.43. The number of ether oxygens (including phenoxy) is 1. The lowest BCUT2D eigenvalue weighted by Crippen LogP contribution is -2.46. The van der Waals surface area contributed by atoms with Crippen LogP contribution in [0.25, 0.3) is 0 Å². The molecule has 1 aliphatic carbocycles. The Morgan fingerprint density at radius 3 is 2.43 bits per heavy atom. The van der Waals surface area contributed by atoms with Crippen LogP contribution >= 0.6 is 0 Å². The highest BCUT2D eigenvalue weighted by molar-refractivity contribution is 4.83. The molecule has 0 saturated heterocycles.